The van der Waals surface area contributed by atoms with Crippen molar-refractivity contribution in [2.45, 2.75) is 32.0 Å². The Morgan fingerprint density at radius 3 is 2.68 bits per heavy atom. The van der Waals surface area contributed by atoms with E-state index in [1.54, 1.807) is 0 Å². The molecule has 0 bridgehead atoms. The van der Waals surface area contributed by atoms with E-state index in [1.807, 2.05) is 25.2 Å². The fraction of sp³-hybridized carbons (Fsp3) is 0.478. The molecular weight excluding hydrogens is 352 g/mol. The number of rotatable bonds is 10. The average Bonchev–Trinajstić information content (AvgIpc) is 2.71. The summed E-state index contributed by atoms with van der Waals surface area (Å²) < 4.78 is 5.96. The molecule has 0 aliphatic carbocycles. The molecule has 0 saturated carbocycles. The third kappa shape index (κ3) is 6.04. The molecule has 0 fully saturated rings. The van der Waals surface area contributed by atoms with Gasteiger partial charge in [-0.05, 0) is 37.1 Å². The number of hydrogen-bond donors (Lipinski definition) is 2. The van der Waals surface area contributed by atoms with Gasteiger partial charge in [-0.2, -0.15) is 0 Å². The highest BCUT2D eigenvalue weighted by molar-refractivity contribution is 5.33. The Balaban J connectivity index is 1.49. The van der Waals surface area contributed by atoms with E-state index in [-0.39, 0.29) is 13.2 Å². The molecule has 3 rings (SSSR count). The minimum absolute atomic E-state index is 0.204. The largest absolute Gasteiger partial charge is 0.491 e. The van der Waals surface area contributed by atoms with Gasteiger partial charge in [0.2, 0.25) is 0 Å². The first-order valence-corrected chi connectivity index (χ1v) is 10.1. The van der Waals surface area contributed by atoms with Gasteiger partial charge in [-0.3, -0.25) is 4.90 Å². The van der Waals surface area contributed by atoms with Crippen LogP contribution in [-0.4, -0.2) is 66.0 Å². The van der Waals surface area contributed by atoms with Crippen LogP contribution in [0, 0.1) is 0 Å². The maximum atomic E-state index is 10.5. The fourth-order valence-corrected chi connectivity index (χ4v) is 3.73. The lowest BCUT2D eigenvalue weighted by Crippen LogP contribution is -2.38. The quantitative estimate of drug-likeness (QED) is 0.658. The summed E-state index contributed by atoms with van der Waals surface area (Å²) in [5, 5.41) is 19.5. The first-order chi connectivity index (χ1) is 13.7. The summed E-state index contributed by atoms with van der Waals surface area (Å²) in [6.07, 6.45) is 1.27. The summed E-state index contributed by atoms with van der Waals surface area (Å²) in [7, 11) is 2.04. The Bertz CT molecular complexity index is 737. The van der Waals surface area contributed by atoms with E-state index in [4.69, 9.17) is 9.84 Å². The second-order valence-corrected chi connectivity index (χ2v) is 7.64. The zero-order chi connectivity index (χ0) is 19.8. The molecule has 0 aromatic heterocycles. The molecule has 0 saturated heterocycles. The number of fused-ring (bicyclic) bond motifs is 1. The molecule has 0 radical (unpaired) electrons. The number of β-amino-alcohol motifs (C(OH)–C–C–N with tert-alkyl or cyclic N) is 1. The first-order valence-electron chi connectivity index (χ1n) is 10.1. The zero-order valence-corrected chi connectivity index (χ0v) is 16.8. The monoisotopic (exact) mass is 384 g/mol. The van der Waals surface area contributed by atoms with E-state index < -0.39 is 6.10 Å². The first kappa shape index (κ1) is 20.8. The van der Waals surface area contributed by atoms with Crippen molar-refractivity contribution in [2.24, 2.45) is 0 Å². The maximum absolute atomic E-state index is 10.5. The SMILES string of the molecule is CN(CCCO)Cc1ccccc1OCC(O)CN1CCc2ccccc2C1. The van der Waals surface area contributed by atoms with Crippen LogP contribution in [0.5, 0.6) is 5.75 Å². The molecule has 1 unspecified atom stereocenters. The van der Waals surface area contributed by atoms with Crippen molar-refractivity contribution in [1.82, 2.24) is 9.80 Å². The van der Waals surface area contributed by atoms with Crippen molar-refractivity contribution in [2.75, 3.05) is 39.9 Å². The maximum Gasteiger partial charge on any atom is 0.123 e. The van der Waals surface area contributed by atoms with Crippen molar-refractivity contribution >= 4 is 0 Å². The smallest absolute Gasteiger partial charge is 0.123 e. The van der Waals surface area contributed by atoms with Crippen LogP contribution in [0.4, 0.5) is 0 Å². The highest BCUT2D eigenvalue weighted by Gasteiger charge is 2.19. The number of benzene rings is 2. The van der Waals surface area contributed by atoms with E-state index in [1.165, 1.54) is 11.1 Å². The third-order valence-electron chi connectivity index (χ3n) is 5.22. The van der Waals surface area contributed by atoms with Crippen molar-refractivity contribution in [3.8, 4) is 5.75 Å². The van der Waals surface area contributed by atoms with E-state index >= 15 is 0 Å². The van der Waals surface area contributed by atoms with Crippen molar-refractivity contribution in [1.29, 1.82) is 0 Å². The summed E-state index contributed by atoms with van der Waals surface area (Å²) in [5.74, 6) is 0.821. The summed E-state index contributed by atoms with van der Waals surface area (Å²) in [5.41, 5.74) is 3.88. The van der Waals surface area contributed by atoms with Crippen LogP contribution in [0.25, 0.3) is 0 Å². The Hall–Kier alpha value is -1.92. The second kappa shape index (κ2) is 10.6. The normalized spacial score (nSPS) is 15.4. The molecule has 5 heteroatoms. The molecule has 1 aliphatic heterocycles. The van der Waals surface area contributed by atoms with Crippen LogP contribution in [0.1, 0.15) is 23.1 Å². The standard InChI is InChI=1S/C23H32N2O3/c1-24(12-6-14-26)15-21-9-4-5-10-23(21)28-18-22(27)17-25-13-11-19-7-2-3-8-20(19)16-25/h2-5,7-10,22,26-27H,6,11-18H2,1H3. The summed E-state index contributed by atoms with van der Waals surface area (Å²) in [4.78, 5) is 4.46. The zero-order valence-electron chi connectivity index (χ0n) is 16.8. The Labute approximate surface area is 168 Å². The molecule has 152 valence electrons. The number of para-hydroxylation sites is 1. The van der Waals surface area contributed by atoms with Crippen molar-refractivity contribution < 1.29 is 14.9 Å². The predicted molar refractivity (Wildman–Crippen MR) is 111 cm³/mol. The van der Waals surface area contributed by atoms with Crippen molar-refractivity contribution in [3.05, 3.63) is 65.2 Å². The van der Waals surface area contributed by atoms with Gasteiger partial charge < -0.3 is 19.8 Å². The van der Waals surface area contributed by atoms with Gasteiger partial charge in [-0.1, -0.05) is 42.5 Å². The average molecular weight is 385 g/mol. The van der Waals surface area contributed by atoms with E-state index in [2.05, 4.69) is 40.1 Å². The molecule has 1 aliphatic rings. The minimum Gasteiger partial charge on any atom is -0.491 e. The molecule has 2 aromatic carbocycles. The van der Waals surface area contributed by atoms with Gasteiger partial charge in [0.15, 0.2) is 0 Å². The predicted octanol–water partition coefficient (Wildman–Crippen LogP) is 2.30. The highest BCUT2D eigenvalue weighted by atomic mass is 16.5. The molecule has 2 N–H and O–H groups in total. The van der Waals surface area contributed by atoms with E-state index in [0.717, 1.165) is 50.3 Å². The van der Waals surface area contributed by atoms with Crippen LogP contribution in [0.15, 0.2) is 48.5 Å². The number of aliphatic hydroxyl groups is 2. The van der Waals surface area contributed by atoms with Gasteiger partial charge in [0.05, 0.1) is 0 Å². The fourth-order valence-electron chi connectivity index (χ4n) is 3.73. The summed E-state index contributed by atoms with van der Waals surface area (Å²) in [6.45, 7) is 4.57. The van der Waals surface area contributed by atoms with Crippen LogP contribution >= 0.6 is 0 Å². The second-order valence-electron chi connectivity index (χ2n) is 7.64. The molecule has 0 amide bonds. The van der Waals surface area contributed by atoms with E-state index in [0.29, 0.717) is 6.54 Å². The van der Waals surface area contributed by atoms with Gasteiger partial charge in [-0.15, -0.1) is 0 Å². The molecule has 1 atom stereocenters. The lowest BCUT2D eigenvalue weighted by atomic mass is 10.00. The summed E-state index contributed by atoms with van der Waals surface area (Å²) in [6, 6.07) is 16.5. The van der Waals surface area contributed by atoms with Crippen LogP contribution in [-0.2, 0) is 19.5 Å². The van der Waals surface area contributed by atoms with E-state index in [9.17, 15) is 5.11 Å². The number of aliphatic hydroxyl groups excluding tert-OH is 2. The van der Waals surface area contributed by atoms with Crippen molar-refractivity contribution in [3.63, 3.8) is 0 Å². The molecule has 0 spiro atoms. The van der Waals surface area contributed by atoms with Gasteiger partial charge in [0, 0.05) is 44.9 Å². The Morgan fingerprint density at radius 2 is 1.86 bits per heavy atom. The van der Waals surface area contributed by atoms with Crippen LogP contribution in [0.3, 0.4) is 0 Å². The van der Waals surface area contributed by atoms with Gasteiger partial charge in [0.25, 0.3) is 0 Å². The molecule has 2 aromatic rings. The molecule has 1 heterocycles. The number of hydrogen-bond acceptors (Lipinski definition) is 5. The molecule has 5 nitrogen and oxygen atoms in total. The number of nitrogens with zero attached hydrogens (tertiary/aromatic N) is 2. The topological polar surface area (TPSA) is 56.2 Å². The third-order valence-corrected chi connectivity index (χ3v) is 5.22. The molecular formula is C23H32N2O3. The molecule has 28 heavy (non-hydrogen) atoms. The van der Waals surface area contributed by atoms with Crippen LogP contribution in [0.2, 0.25) is 0 Å². The van der Waals surface area contributed by atoms with Gasteiger partial charge in [-0.25, -0.2) is 0 Å². The van der Waals surface area contributed by atoms with Gasteiger partial charge in [0.1, 0.15) is 18.5 Å². The number of ether oxygens (including phenoxy) is 1. The lowest BCUT2D eigenvalue weighted by molar-refractivity contribution is 0.0632. The lowest BCUT2D eigenvalue weighted by Gasteiger charge is -2.30. The van der Waals surface area contributed by atoms with Gasteiger partial charge >= 0.3 is 0 Å². The minimum atomic E-state index is -0.523. The summed E-state index contributed by atoms with van der Waals surface area (Å²) >= 11 is 0. The Kier molecular flexibility index (Phi) is 7.86. The highest BCUT2D eigenvalue weighted by Crippen LogP contribution is 2.21. The Morgan fingerprint density at radius 1 is 1.11 bits per heavy atom. The van der Waals surface area contributed by atoms with Crippen LogP contribution < -0.4 is 4.74 Å².